The Balaban J connectivity index is 1.69. The lowest BCUT2D eigenvalue weighted by Crippen LogP contribution is -2.29. The van der Waals surface area contributed by atoms with E-state index in [4.69, 9.17) is 11.6 Å². The van der Waals surface area contributed by atoms with Gasteiger partial charge in [-0.25, -0.2) is 4.98 Å². The van der Waals surface area contributed by atoms with Gasteiger partial charge in [0.2, 0.25) is 5.91 Å². The highest BCUT2D eigenvalue weighted by Gasteiger charge is 2.05. The van der Waals surface area contributed by atoms with Crippen LogP contribution in [0.4, 0.5) is 5.69 Å². The smallest absolute Gasteiger partial charge is 0.238 e. The molecular formula is C13H16ClN5O. The Morgan fingerprint density at radius 2 is 2.20 bits per heavy atom. The Hall–Kier alpha value is -1.92. The van der Waals surface area contributed by atoms with Crippen LogP contribution in [0.2, 0.25) is 5.02 Å². The van der Waals surface area contributed by atoms with Crippen LogP contribution in [0.15, 0.2) is 30.6 Å². The second-order valence-corrected chi connectivity index (χ2v) is 4.70. The van der Waals surface area contributed by atoms with Gasteiger partial charge in [-0.3, -0.25) is 9.48 Å². The van der Waals surface area contributed by atoms with E-state index in [1.165, 1.54) is 0 Å². The first-order valence-electron chi connectivity index (χ1n) is 6.25. The molecule has 0 saturated heterocycles. The van der Waals surface area contributed by atoms with E-state index in [-0.39, 0.29) is 12.5 Å². The molecule has 2 aromatic rings. The normalized spacial score (nSPS) is 10.5. The first-order chi connectivity index (χ1) is 9.65. The number of halogens is 1. The molecular weight excluding hydrogens is 278 g/mol. The fourth-order valence-corrected chi connectivity index (χ4v) is 1.84. The lowest BCUT2D eigenvalue weighted by atomic mass is 10.3. The van der Waals surface area contributed by atoms with Crippen LogP contribution in [-0.4, -0.2) is 33.8 Å². The number of aromatic nitrogens is 3. The lowest BCUT2D eigenvalue weighted by Gasteiger charge is -2.07. The number of aryl methyl sites for hydroxylation is 1. The van der Waals surface area contributed by atoms with Crippen LogP contribution in [0.3, 0.4) is 0 Å². The number of carbonyl (C=O) groups excluding carboxylic acids is 1. The maximum atomic E-state index is 11.7. The van der Waals surface area contributed by atoms with Crippen LogP contribution in [0, 0.1) is 0 Å². The number of anilines is 1. The number of hydrogen-bond acceptors (Lipinski definition) is 4. The zero-order chi connectivity index (χ0) is 14.4. The third kappa shape index (κ3) is 4.32. The molecule has 1 amide bonds. The minimum Gasteiger partial charge on any atom is -0.324 e. The Morgan fingerprint density at radius 3 is 2.90 bits per heavy atom. The number of nitrogens with one attached hydrogen (secondary N) is 2. The number of nitrogens with zero attached hydrogens (tertiary/aromatic N) is 3. The zero-order valence-electron chi connectivity index (χ0n) is 11.1. The van der Waals surface area contributed by atoms with E-state index in [0.717, 1.165) is 5.82 Å². The van der Waals surface area contributed by atoms with Crippen molar-refractivity contribution in [3.05, 3.63) is 41.4 Å². The van der Waals surface area contributed by atoms with Crippen LogP contribution in [0.25, 0.3) is 0 Å². The molecule has 0 saturated carbocycles. The zero-order valence-corrected chi connectivity index (χ0v) is 11.9. The number of hydrogen-bond donors (Lipinski definition) is 2. The lowest BCUT2D eigenvalue weighted by molar-refractivity contribution is -0.115. The first kappa shape index (κ1) is 14.5. The summed E-state index contributed by atoms with van der Waals surface area (Å²) in [5, 5.41) is 10.5. The predicted octanol–water partition coefficient (Wildman–Crippen LogP) is 1.24. The molecule has 0 aliphatic carbocycles. The molecule has 1 aromatic carbocycles. The SMILES string of the molecule is Cn1cnc(CCNCC(=O)Nc2ccccc2Cl)n1. The van der Waals surface area contributed by atoms with Crippen LogP contribution >= 0.6 is 11.6 Å². The summed E-state index contributed by atoms with van der Waals surface area (Å²) in [6, 6.07) is 7.13. The molecule has 1 heterocycles. The molecule has 0 bridgehead atoms. The van der Waals surface area contributed by atoms with Gasteiger partial charge in [-0.2, -0.15) is 5.10 Å². The number of rotatable bonds is 6. The minimum atomic E-state index is -0.132. The summed E-state index contributed by atoms with van der Waals surface area (Å²) in [6.07, 6.45) is 2.33. The molecule has 0 aliphatic heterocycles. The second kappa shape index (κ2) is 7.02. The Bertz CT molecular complexity index is 584. The number of carbonyl (C=O) groups is 1. The topological polar surface area (TPSA) is 71.8 Å². The Labute approximate surface area is 122 Å². The minimum absolute atomic E-state index is 0.132. The summed E-state index contributed by atoms with van der Waals surface area (Å²) in [6.45, 7) is 0.859. The van der Waals surface area contributed by atoms with E-state index in [1.807, 2.05) is 19.2 Å². The van der Waals surface area contributed by atoms with E-state index in [2.05, 4.69) is 20.7 Å². The van der Waals surface area contributed by atoms with Gasteiger partial charge in [-0.05, 0) is 12.1 Å². The molecule has 0 aliphatic rings. The summed E-state index contributed by atoms with van der Waals surface area (Å²) in [7, 11) is 1.82. The van der Waals surface area contributed by atoms with Crippen LogP contribution in [0.1, 0.15) is 5.82 Å². The van der Waals surface area contributed by atoms with Crippen molar-refractivity contribution in [1.82, 2.24) is 20.1 Å². The molecule has 2 N–H and O–H groups in total. The third-order valence-electron chi connectivity index (χ3n) is 2.61. The van der Waals surface area contributed by atoms with Gasteiger partial charge in [0.25, 0.3) is 0 Å². The molecule has 2 rings (SSSR count). The predicted molar refractivity (Wildman–Crippen MR) is 77.7 cm³/mol. The summed E-state index contributed by atoms with van der Waals surface area (Å²) >= 11 is 5.96. The van der Waals surface area contributed by atoms with E-state index in [0.29, 0.717) is 23.7 Å². The maximum absolute atomic E-state index is 11.7. The molecule has 1 aromatic heterocycles. The number of amides is 1. The molecule has 6 nitrogen and oxygen atoms in total. The van der Waals surface area contributed by atoms with Gasteiger partial charge in [0, 0.05) is 20.0 Å². The van der Waals surface area contributed by atoms with Gasteiger partial charge in [-0.1, -0.05) is 23.7 Å². The van der Waals surface area contributed by atoms with E-state index in [1.54, 1.807) is 23.1 Å². The second-order valence-electron chi connectivity index (χ2n) is 4.29. The van der Waals surface area contributed by atoms with Gasteiger partial charge < -0.3 is 10.6 Å². The largest absolute Gasteiger partial charge is 0.324 e. The third-order valence-corrected chi connectivity index (χ3v) is 2.94. The summed E-state index contributed by atoms with van der Waals surface area (Å²) in [5.41, 5.74) is 0.618. The molecule has 0 unspecified atom stereocenters. The van der Waals surface area contributed by atoms with Crippen LogP contribution < -0.4 is 10.6 Å². The fourth-order valence-electron chi connectivity index (χ4n) is 1.66. The summed E-state index contributed by atoms with van der Waals surface area (Å²) in [5.74, 6) is 0.624. The average Bonchev–Trinajstić information content (AvgIpc) is 2.83. The first-order valence-corrected chi connectivity index (χ1v) is 6.62. The van der Waals surface area contributed by atoms with Crippen molar-refractivity contribution in [2.45, 2.75) is 6.42 Å². The number of para-hydroxylation sites is 1. The highest BCUT2D eigenvalue weighted by molar-refractivity contribution is 6.33. The molecule has 106 valence electrons. The monoisotopic (exact) mass is 293 g/mol. The van der Waals surface area contributed by atoms with E-state index >= 15 is 0 Å². The van der Waals surface area contributed by atoms with Gasteiger partial charge in [0.15, 0.2) is 5.82 Å². The molecule has 7 heteroatoms. The van der Waals surface area contributed by atoms with Crippen molar-refractivity contribution >= 4 is 23.2 Å². The number of benzene rings is 1. The van der Waals surface area contributed by atoms with E-state index < -0.39 is 0 Å². The summed E-state index contributed by atoms with van der Waals surface area (Å²) < 4.78 is 1.65. The highest BCUT2D eigenvalue weighted by Crippen LogP contribution is 2.19. The maximum Gasteiger partial charge on any atom is 0.238 e. The molecule has 0 atom stereocenters. The van der Waals surface area contributed by atoms with Gasteiger partial charge in [0.05, 0.1) is 17.3 Å². The van der Waals surface area contributed by atoms with Crippen LogP contribution in [0.5, 0.6) is 0 Å². The molecule has 0 fully saturated rings. The molecule has 20 heavy (non-hydrogen) atoms. The van der Waals surface area contributed by atoms with Crippen molar-refractivity contribution in [1.29, 1.82) is 0 Å². The van der Waals surface area contributed by atoms with Gasteiger partial charge in [-0.15, -0.1) is 0 Å². The standard InChI is InChI=1S/C13H16ClN5O/c1-19-9-16-12(18-19)6-7-15-8-13(20)17-11-5-3-2-4-10(11)14/h2-5,9,15H,6-8H2,1H3,(H,17,20). The van der Waals surface area contributed by atoms with E-state index in [9.17, 15) is 4.79 Å². The highest BCUT2D eigenvalue weighted by atomic mass is 35.5. The van der Waals surface area contributed by atoms with Gasteiger partial charge >= 0.3 is 0 Å². The quantitative estimate of drug-likeness (QED) is 0.786. The van der Waals surface area contributed by atoms with Crippen molar-refractivity contribution in [2.75, 3.05) is 18.4 Å². The van der Waals surface area contributed by atoms with Crippen LogP contribution in [-0.2, 0) is 18.3 Å². The molecule has 0 spiro atoms. The Kier molecular flexibility index (Phi) is 5.09. The van der Waals surface area contributed by atoms with Crippen molar-refractivity contribution in [2.24, 2.45) is 7.05 Å². The Morgan fingerprint density at radius 1 is 1.40 bits per heavy atom. The summed E-state index contributed by atoms with van der Waals surface area (Å²) in [4.78, 5) is 15.8. The van der Waals surface area contributed by atoms with Crippen molar-refractivity contribution in [3.8, 4) is 0 Å². The van der Waals surface area contributed by atoms with Crippen molar-refractivity contribution < 1.29 is 4.79 Å². The fraction of sp³-hybridized carbons (Fsp3) is 0.308. The molecule has 0 radical (unpaired) electrons. The van der Waals surface area contributed by atoms with Crippen molar-refractivity contribution in [3.63, 3.8) is 0 Å². The van der Waals surface area contributed by atoms with Gasteiger partial charge in [0.1, 0.15) is 6.33 Å². The average molecular weight is 294 g/mol.